The Bertz CT molecular complexity index is 698. The fraction of sp³-hybridized carbons (Fsp3) is 0.188. The molecule has 1 aliphatic rings. The van der Waals surface area contributed by atoms with E-state index in [4.69, 9.17) is 9.84 Å². The summed E-state index contributed by atoms with van der Waals surface area (Å²) in [5.74, 6) is 0.743. The van der Waals surface area contributed by atoms with Crippen molar-refractivity contribution in [3.8, 4) is 5.75 Å². The summed E-state index contributed by atoms with van der Waals surface area (Å²) in [4.78, 5) is 12.2. The van der Waals surface area contributed by atoms with Gasteiger partial charge in [0, 0.05) is 11.1 Å². The fourth-order valence-corrected chi connectivity index (χ4v) is 2.65. The Morgan fingerprint density at radius 2 is 2.05 bits per heavy atom. The minimum atomic E-state index is -0.0681. The molecule has 0 radical (unpaired) electrons. The lowest BCUT2D eigenvalue weighted by Gasteiger charge is -2.19. The van der Waals surface area contributed by atoms with Crippen LogP contribution < -0.4 is 4.74 Å². The lowest BCUT2D eigenvalue weighted by Crippen LogP contribution is -2.14. The van der Waals surface area contributed by atoms with Gasteiger partial charge in [-0.25, -0.2) is 0 Å². The van der Waals surface area contributed by atoms with Crippen molar-refractivity contribution in [3.05, 3.63) is 53.3 Å². The number of aliphatic hydroxyl groups is 1. The number of ketones is 1. The van der Waals surface area contributed by atoms with E-state index < -0.39 is 0 Å². The van der Waals surface area contributed by atoms with Crippen molar-refractivity contribution < 1.29 is 14.6 Å². The highest BCUT2D eigenvalue weighted by molar-refractivity contribution is 6.13. The molecule has 0 aliphatic heterocycles. The van der Waals surface area contributed by atoms with Crippen LogP contribution in [0, 0.1) is 0 Å². The topological polar surface area (TPSA) is 46.5 Å². The Morgan fingerprint density at radius 3 is 2.79 bits per heavy atom. The van der Waals surface area contributed by atoms with E-state index in [1.807, 2.05) is 30.3 Å². The number of fused-ring (bicyclic) bond motifs is 3. The molecule has 0 atom stereocenters. The van der Waals surface area contributed by atoms with E-state index in [0.717, 1.165) is 34.8 Å². The summed E-state index contributed by atoms with van der Waals surface area (Å²) in [6.07, 6.45) is 2.30. The van der Waals surface area contributed by atoms with E-state index in [0.29, 0.717) is 17.6 Å². The molecule has 2 aromatic carbocycles. The highest BCUT2D eigenvalue weighted by atomic mass is 16.5. The van der Waals surface area contributed by atoms with Crippen molar-refractivity contribution >= 4 is 16.6 Å². The first kappa shape index (κ1) is 11.8. The molecule has 0 saturated carbocycles. The molecule has 96 valence electrons. The van der Waals surface area contributed by atoms with Gasteiger partial charge in [0.2, 0.25) is 0 Å². The highest BCUT2D eigenvalue weighted by Gasteiger charge is 2.23. The van der Waals surface area contributed by atoms with Crippen LogP contribution in [-0.2, 0) is 6.42 Å². The summed E-state index contributed by atoms with van der Waals surface area (Å²) in [5.41, 5.74) is 2.25. The van der Waals surface area contributed by atoms with E-state index in [-0.39, 0.29) is 5.78 Å². The molecule has 3 nitrogen and oxygen atoms in total. The molecule has 1 N–H and O–H groups in total. The van der Waals surface area contributed by atoms with Crippen LogP contribution in [0.2, 0.25) is 0 Å². The summed E-state index contributed by atoms with van der Waals surface area (Å²) < 4.78 is 5.21. The van der Waals surface area contributed by atoms with Crippen LogP contribution in [0.25, 0.3) is 10.8 Å². The van der Waals surface area contributed by atoms with Crippen molar-refractivity contribution in [3.63, 3.8) is 0 Å². The van der Waals surface area contributed by atoms with Gasteiger partial charge in [-0.05, 0) is 41.3 Å². The van der Waals surface area contributed by atoms with Crippen LogP contribution in [-0.4, -0.2) is 18.0 Å². The second-order valence-corrected chi connectivity index (χ2v) is 4.66. The Labute approximate surface area is 111 Å². The van der Waals surface area contributed by atoms with Gasteiger partial charge in [-0.3, -0.25) is 4.79 Å². The first-order valence-corrected chi connectivity index (χ1v) is 6.22. The number of ether oxygens (including phenoxy) is 1. The second kappa shape index (κ2) is 4.43. The third-order valence-electron chi connectivity index (χ3n) is 3.67. The zero-order valence-corrected chi connectivity index (χ0v) is 10.6. The number of aliphatic hydroxyl groups excluding tert-OH is 1. The van der Waals surface area contributed by atoms with E-state index in [1.54, 1.807) is 7.11 Å². The maximum atomic E-state index is 12.2. The van der Waals surface area contributed by atoms with E-state index >= 15 is 0 Å². The van der Waals surface area contributed by atoms with Gasteiger partial charge < -0.3 is 9.84 Å². The predicted molar refractivity (Wildman–Crippen MR) is 73.9 cm³/mol. The molecule has 3 rings (SSSR count). The number of rotatable bonds is 1. The van der Waals surface area contributed by atoms with Crippen LogP contribution in [0.5, 0.6) is 5.75 Å². The Kier molecular flexibility index (Phi) is 2.75. The van der Waals surface area contributed by atoms with E-state index in [9.17, 15) is 4.79 Å². The first-order valence-electron chi connectivity index (χ1n) is 6.22. The maximum Gasteiger partial charge on any atom is 0.192 e. The summed E-state index contributed by atoms with van der Waals surface area (Å²) in [6, 6.07) is 9.63. The molecule has 0 bridgehead atoms. The van der Waals surface area contributed by atoms with Gasteiger partial charge in [0.1, 0.15) is 5.75 Å². The van der Waals surface area contributed by atoms with Gasteiger partial charge in [-0.1, -0.05) is 18.2 Å². The molecule has 19 heavy (non-hydrogen) atoms. The number of allylic oxidation sites excluding steroid dienone is 1. The Morgan fingerprint density at radius 1 is 1.21 bits per heavy atom. The van der Waals surface area contributed by atoms with Gasteiger partial charge in [0.25, 0.3) is 0 Å². The molecule has 1 aliphatic carbocycles. The average Bonchev–Trinajstić information content (AvgIpc) is 2.46. The number of benzene rings is 2. The number of Topliss-reactive ketones (excluding diaryl/α,β-unsaturated/α-hetero) is 1. The Balaban J connectivity index is 2.23. The van der Waals surface area contributed by atoms with Crippen molar-refractivity contribution in [1.82, 2.24) is 0 Å². The van der Waals surface area contributed by atoms with Gasteiger partial charge in [0.15, 0.2) is 5.78 Å². The summed E-state index contributed by atoms with van der Waals surface area (Å²) in [6.45, 7) is 0. The zero-order valence-electron chi connectivity index (χ0n) is 10.6. The normalized spacial score (nSPS) is 16.7. The van der Waals surface area contributed by atoms with E-state index in [2.05, 4.69) is 0 Å². The van der Waals surface area contributed by atoms with Gasteiger partial charge >= 0.3 is 0 Å². The van der Waals surface area contributed by atoms with Crippen molar-refractivity contribution in [2.75, 3.05) is 7.11 Å². The van der Waals surface area contributed by atoms with Gasteiger partial charge in [-0.15, -0.1) is 0 Å². The fourth-order valence-electron chi connectivity index (χ4n) is 2.65. The van der Waals surface area contributed by atoms with Crippen LogP contribution in [0.4, 0.5) is 0 Å². The largest absolute Gasteiger partial charge is 0.515 e. The van der Waals surface area contributed by atoms with Crippen LogP contribution in [0.3, 0.4) is 0 Å². The zero-order chi connectivity index (χ0) is 13.4. The average molecular weight is 254 g/mol. The van der Waals surface area contributed by atoms with Crippen molar-refractivity contribution in [1.29, 1.82) is 0 Å². The monoisotopic (exact) mass is 254 g/mol. The lowest BCUT2D eigenvalue weighted by molar-refractivity contribution is 0.102. The van der Waals surface area contributed by atoms with Crippen molar-refractivity contribution in [2.24, 2.45) is 0 Å². The summed E-state index contributed by atoms with van der Waals surface area (Å²) in [7, 11) is 1.64. The van der Waals surface area contributed by atoms with Crippen LogP contribution in [0.1, 0.15) is 22.3 Å². The standard InChI is InChI=1S/C16H14O3/c1-19-12-4-7-13-10(8-12)2-6-15-14(13)5-3-11(9-17)16(15)18/h2,4,6-9,17H,3,5H2,1H3. The van der Waals surface area contributed by atoms with Gasteiger partial charge in [-0.2, -0.15) is 0 Å². The minimum absolute atomic E-state index is 0.0681. The summed E-state index contributed by atoms with van der Waals surface area (Å²) in [5, 5.41) is 11.2. The number of hydrogen-bond acceptors (Lipinski definition) is 3. The molecule has 0 unspecified atom stereocenters. The summed E-state index contributed by atoms with van der Waals surface area (Å²) >= 11 is 0. The molecule has 3 heteroatoms. The first-order chi connectivity index (χ1) is 9.24. The third-order valence-corrected chi connectivity index (χ3v) is 3.67. The Hall–Kier alpha value is -2.29. The molecule has 0 amide bonds. The van der Waals surface area contributed by atoms with Crippen LogP contribution in [0.15, 0.2) is 42.2 Å². The predicted octanol–water partition coefficient (Wildman–Crippen LogP) is 3.42. The SMILES string of the molecule is COc1ccc2c3c(ccc2c1)C(=O)C(=CO)CC3. The molecule has 0 saturated heterocycles. The molecule has 0 spiro atoms. The second-order valence-electron chi connectivity index (χ2n) is 4.66. The molecular weight excluding hydrogens is 240 g/mol. The molecular formula is C16H14O3. The molecule has 0 heterocycles. The lowest BCUT2D eigenvalue weighted by atomic mass is 9.84. The van der Waals surface area contributed by atoms with Gasteiger partial charge in [0.05, 0.1) is 13.4 Å². The van der Waals surface area contributed by atoms with Crippen LogP contribution >= 0.6 is 0 Å². The number of carbonyl (C=O) groups excluding carboxylic acids is 1. The smallest absolute Gasteiger partial charge is 0.192 e. The highest BCUT2D eigenvalue weighted by Crippen LogP contribution is 2.32. The molecule has 0 aromatic heterocycles. The quantitative estimate of drug-likeness (QED) is 0.626. The third kappa shape index (κ3) is 1.78. The maximum absolute atomic E-state index is 12.2. The number of carbonyl (C=O) groups is 1. The number of aryl methyl sites for hydroxylation is 1. The number of methoxy groups -OCH3 is 1. The number of hydrogen-bond donors (Lipinski definition) is 1. The minimum Gasteiger partial charge on any atom is -0.515 e. The molecule has 2 aromatic rings. The van der Waals surface area contributed by atoms with E-state index in [1.165, 1.54) is 0 Å². The van der Waals surface area contributed by atoms with Crippen molar-refractivity contribution in [2.45, 2.75) is 12.8 Å². The molecule has 0 fully saturated rings.